The van der Waals surface area contributed by atoms with Crippen LogP contribution >= 0.6 is 0 Å². The van der Waals surface area contributed by atoms with E-state index in [4.69, 9.17) is 4.74 Å². The second-order valence-corrected chi connectivity index (χ2v) is 6.64. The van der Waals surface area contributed by atoms with Gasteiger partial charge in [0.25, 0.3) is 6.43 Å². The summed E-state index contributed by atoms with van der Waals surface area (Å²) in [5, 5.41) is 20.7. The van der Waals surface area contributed by atoms with E-state index in [0.717, 1.165) is 17.6 Å². The maximum atomic E-state index is 12.7. The number of pyridine rings is 1. The molecule has 0 radical (unpaired) electrons. The normalized spacial score (nSPS) is 11.3. The van der Waals surface area contributed by atoms with Gasteiger partial charge in [0.05, 0.1) is 11.4 Å². The van der Waals surface area contributed by atoms with E-state index < -0.39 is 6.43 Å². The Morgan fingerprint density at radius 3 is 2.50 bits per heavy atom. The number of aromatic nitrogens is 8. The van der Waals surface area contributed by atoms with E-state index in [0.29, 0.717) is 28.8 Å². The van der Waals surface area contributed by atoms with Gasteiger partial charge in [0, 0.05) is 30.6 Å². The Balaban J connectivity index is 1.50. The van der Waals surface area contributed by atoms with E-state index in [1.807, 2.05) is 19.9 Å². The molecule has 4 heterocycles. The van der Waals surface area contributed by atoms with Gasteiger partial charge in [-0.3, -0.25) is 4.98 Å². The minimum atomic E-state index is -2.58. The number of halogens is 2. The smallest absolute Gasteiger partial charge is 0.265 e. The molecule has 0 aromatic carbocycles. The Bertz CT molecular complexity index is 1150. The summed E-state index contributed by atoms with van der Waals surface area (Å²) in [5.41, 5.74) is 3.19. The molecule has 0 saturated heterocycles. The minimum Gasteiger partial charge on any atom is -0.470 e. The molecule has 11 heteroatoms. The summed E-state index contributed by atoms with van der Waals surface area (Å²) in [6.45, 7) is 3.94. The van der Waals surface area contributed by atoms with Gasteiger partial charge in [-0.15, -0.1) is 15.3 Å². The highest BCUT2D eigenvalue weighted by molar-refractivity contribution is 5.56. The van der Waals surface area contributed by atoms with Crippen LogP contribution < -0.4 is 4.74 Å². The lowest BCUT2D eigenvalue weighted by Gasteiger charge is -2.08. The summed E-state index contributed by atoms with van der Waals surface area (Å²) in [5.74, 6) is 0.896. The van der Waals surface area contributed by atoms with Crippen LogP contribution in [0.5, 0.6) is 5.88 Å². The fourth-order valence-corrected chi connectivity index (χ4v) is 2.92. The fraction of sp³-hybridized carbons (Fsp3) is 0.263. The predicted molar refractivity (Wildman–Crippen MR) is 102 cm³/mol. The fourth-order valence-electron chi connectivity index (χ4n) is 2.92. The van der Waals surface area contributed by atoms with Gasteiger partial charge >= 0.3 is 0 Å². The Kier molecular flexibility index (Phi) is 5.17. The van der Waals surface area contributed by atoms with Crippen LogP contribution in [0.3, 0.4) is 0 Å². The second-order valence-electron chi connectivity index (χ2n) is 6.64. The van der Waals surface area contributed by atoms with Crippen molar-refractivity contribution in [2.24, 2.45) is 7.05 Å². The minimum absolute atomic E-state index is 0.102. The quantitative estimate of drug-likeness (QED) is 0.480. The van der Waals surface area contributed by atoms with Crippen LogP contribution in [0.25, 0.3) is 17.2 Å². The van der Waals surface area contributed by atoms with Gasteiger partial charge in [-0.25, -0.2) is 18.1 Å². The van der Waals surface area contributed by atoms with Gasteiger partial charge in [0.15, 0.2) is 5.82 Å². The van der Waals surface area contributed by atoms with Crippen molar-refractivity contribution in [2.75, 3.05) is 0 Å². The topological polar surface area (TPSA) is 96.4 Å². The molecule has 0 aliphatic carbocycles. The molecular formula is C19H18F2N8O. The first kappa shape index (κ1) is 19.6. The lowest BCUT2D eigenvalue weighted by Crippen LogP contribution is -2.07. The highest BCUT2D eigenvalue weighted by atomic mass is 19.3. The molecule has 4 rings (SSSR count). The van der Waals surface area contributed by atoms with Crippen molar-refractivity contribution < 1.29 is 13.5 Å². The number of alkyl halides is 2. The Hall–Kier alpha value is -3.76. The third kappa shape index (κ3) is 3.86. The number of nitrogens with zero attached hydrogens (tertiary/aromatic N) is 8. The summed E-state index contributed by atoms with van der Waals surface area (Å²) in [6, 6.07) is 8.20. The van der Waals surface area contributed by atoms with Crippen LogP contribution in [0, 0.1) is 13.8 Å². The van der Waals surface area contributed by atoms with Crippen LogP contribution in [-0.2, 0) is 13.7 Å². The average Bonchev–Trinajstić information content (AvgIpc) is 3.28. The third-order valence-corrected chi connectivity index (χ3v) is 4.43. The summed E-state index contributed by atoms with van der Waals surface area (Å²) >= 11 is 0. The van der Waals surface area contributed by atoms with E-state index >= 15 is 0 Å². The second kappa shape index (κ2) is 7.93. The molecule has 0 bridgehead atoms. The first-order chi connectivity index (χ1) is 14.4. The van der Waals surface area contributed by atoms with E-state index in [1.165, 1.54) is 16.8 Å². The predicted octanol–water partition coefficient (Wildman–Crippen LogP) is 2.99. The monoisotopic (exact) mass is 412 g/mol. The molecule has 30 heavy (non-hydrogen) atoms. The van der Waals surface area contributed by atoms with E-state index in [2.05, 4.69) is 30.6 Å². The zero-order valence-corrected chi connectivity index (χ0v) is 16.5. The maximum Gasteiger partial charge on any atom is 0.265 e. The van der Waals surface area contributed by atoms with Crippen molar-refractivity contribution in [3.8, 4) is 23.1 Å². The van der Waals surface area contributed by atoms with Gasteiger partial charge in [-0.05, 0) is 38.1 Å². The zero-order valence-electron chi connectivity index (χ0n) is 16.5. The van der Waals surface area contributed by atoms with Crippen molar-refractivity contribution in [2.45, 2.75) is 26.9 Å². The first-order valence-electron chi connectivity index (χ1n) is 9.05. The van der Waals surface area contributed by atoms with Crippen molar-refractivity contribution in [1.29, 1.82) is 0 Å². The van der Waals surface area contributed by atoms with Crippen LogP contribution in [0.2, 0.25) is 0 Å². The maximum absolute atomic E-state index is 12.7. The average molecular weight is 412 g/mol. The Morgan fingerprint density at radius 2 is 1.90 bits per heavy atom. The van der Waals surface area contributed by atoms with Gasteiger partial charge < -0.3 is 4.74 Å². The van der Waals surface area contributed by atoms with Crippen molar-refractivity contribution in [1.82, 2.24) is 40.0 Å². The molecule has 4 aromatic rings. The number of hydrogen-bond donors (Lipinski definition) is 0. The van der Waals surface area contributed by atoms with E-state index in [9.17, 15) is 8.78 Å². The highest BCUT2D eigenvalue weighted by Crippen LogP contribution is 2.23. The molecule has 4 aromatic heterocycles. The van der Waals surface area contributed by atoms with Gasteiger partial charge in [0.2, 0.25) is 5.88 Å². The zero-order chi connectivity index (χ0) is 21.3. The van der Waals surface area contributed by atoms with Gasteiger partial charge in [-0.2, -0.15) is 5.10 Å². The van der Waals surface area contributed by atoms with E-state index in [-0.39, 0.29) is 12.2 Å². The van der Waals surface area contributed by atoms with Gasteiger partial charge in [0.1, 0.15) is 18.0 Å². The summed E-state index contributed by atoms with van der Waals surface area (Å²) < 4.78 is 34.5. The third-order valence-electron chi connectivity index (χ3n) is 4.43. The van der Waals surface area contributed by atoms with Crippen molar-refractivity contribution in [3.63, 3.8) is 0 Å². The molecule has 0 aliphatic rings. The molecule has 0 fully saturated rings. The van der Waals surface area contributed by atoms with E-state index in [1.54, 1.807) is 23.9 Å². The lowest BCUT2D eigenvalue weighted by atomic mass is 10.2. The molecule has 0 aliphatic heterocycles. The molecule has 0 spiro atoms. The Labute approximate surface area is 170 Å². The molecule has 0 saturated carbocycles. The molecule has 0 unspecified atom stereocenters. The molecule has 0 atom stereocenters. The SMILES string of the molecule is Cc1cc(C)n(-c2ccc(OCc3c(-c4ccc(C(F)F)cn4)nnn3C)nn2)n1. The Morgan fingerprint density at radius 1 is 1.07 bits per heavy atom. The van der Waals surface area contributed by atoms with Gasteiger partial charge in [-0.1, -0.05) is 5.21 Å². The number of aryl methyl sites for hydroxylation is 3. The molecule has 154 valence electrons. The van der Waals surface area contributed by atoms with Crippen LogP contribution in [0.15, 0.2) is 36.5 Å². The molecule has 0 amide bonds. The number of hydrogen-bond acceptors (Lipinski definition) is 7. The molecule has 9 nitrogen and oxygen atoms in total. The summed E-state index contributed by atoms with van der Waals surface area (Å²) in [4.78, 5) is 4.07. The summed E-state index contributed by atoms with van der Waals surface area (Å²) in [6.07, 6.45) is -1.45. The van der Waals surface area contributed by atoms with Crippen LogP contribution in [-0.4, -0.2) is 40.0 Å². The first-order valence-corrected chi connectivity index (χ1v) is 9.05. The molecule has 0 N–H and O–H groups in total. The van der Waals surface area contributed by atoms with Crippen molar-refractivity contribution >= 4 is 0 Å². The summed E-state index contributed by atoms with van der Waals surface area (Å²) in [7, 11) is 1.71. The largest absolute Gasteiger partial charge is 0.470 e. The highest BCUT2D eigenvalue weighted by Gasteiger charge is 2.16. The standard InChI is InChI=1S/C19H18F2N8O/c1-11-8-12(2)29(26-11)16-6-7-17(24-23-16)30-10-15-18(25-27-28(15)3)14-5-4-13(9-22-14)19(20)21/h4-9,19H,10H2,1-3H3. The van der Waals surface area contributed by atoms with Crippen LogP contribution in [0.4, 0.5) is 8.78 Å². The molecular weight excluding hydrogens is 394 g/mol. The van der Waals surface area contributed by atoms with Crippen molar-refractivity contribution in [3.05, 3.63) is 59.2 Å². The van der Waals surface area contributed by atoms with Crippen LogP contribution in [0.1, 0.15) is 29.1 Å². The number of rotatable bonds is 6. The number of ether oxygens (including phenoxy) is 1. The lowest BCUT2D eigenvalue weighted by molar-refractivity contribution is 0.151.